The lowest BCUT2D eigenvalue weighted by atomic mass is 9.81. The normalized spacial score (nSPS) is 18.4. The van der Waals surface area contributed by atoms with Gasteiger partial charge in [0.1, 0.15) is 11.6 Å². The molecule has 2 aromatic rings. The van der Waals surface area contributed by atoms with E-state index in [9.17, 15) is 9.90 Å². The van der Waals surface area contributed by atoms with Crippen molar-refractivity contribution in [3.05, 3.63) is 29.8 Å². The highest BCUT2D eigenvalue weighted by Gasteiger charge is 2.29. The number of carbonyl (C=O) groups excluding carboxylic acids is 1. The summed E-state index contributed by atoms with van der Waals surface area (Å²) in [6, 6.07) is 7.17. The van der Waals surface area contributed by atoms with Crippen LogP contribution in [-0.2, 0) is 0 Å². The molecule has 1 saturated carbocycles. The van der Waals surface area contributed by atoms with E-state index in [-0.39, 0.29) is 18.6 Å². The molecule has 1 aliphatic carbocycles. The molecule has 0 radical (unpaired) electrons. The SMILES string of the molecule is CNc1ccc(C(=O)Nc2ccc(N(C)C)nn2)c(NC2CC(CO)C2)n1. The Morgan fingerprint density at radius 1 is 1.19 bits per heavy atom. The summed E-state index contributed by atoms with van der Waals surface area (Å²) >= 11 is 0. The number of hydrogen-bond acceptors (Lipinski definition) is 8. The van der Waals surface area contributed by atoms with E-state index in [0.717, 1.165) is 12.8 Å². The van der Waals surface area contributed by atoms with Gasteiger partial charge in [0.25, 0.3) is 5.91 Å². The first kappa shape index (κ1) is 18.8. The van der Waals surface area contributed by atoms with Crippen molar-refractivity contribution >= 4 is 29.2 Å². The van der Waals surface area contributed by atoms with Crippen molar-refractivity contribution in [2.75, 3.05) is 48.6 Å². The van der Waals surface area contributed by atoms with Gasteiger partial charge in [-0.15, -0.1) is 10.2 Å². The number of nitrogens with zero attached hydrogens (tertiary/aromatic N) is 4. The van der Waals surface area contributed by atoms with Crippen LogP contribution in [-0.4, -0.2) is 60.0 Å². The van der Waals surface area contributed by atoms with Gasteiger partial charge in [-0.3, -0.25) is 4.79 Å². The molecule has 0 unspecified atom stereocenters. The fourth-order valence-electron chi connectivity index (χ4n) is 2.90. The minimum absolute atomic E-state index is 0.192. The van der Waals surface area contributed by atoms with E-state index < -0.39 is 0 Å². The Morgan fingerprint density at radius 2 is 1.93 bits per heavy atom. The van der Waals surface area contributed by atoms with E-state index in [1.165, 1.54) is 0 Å². The van der Waals surface area contributed by atoms with Crippen LogP contribution in [0.5, 0.6) is 0 Å². The average molecular weight is 371 g/mol. The maximum atomic E-state index is 12.7. The van der Waals surface area contributed by atoms with Gasteiger partial charge in [-0.25, -0.2) is 4.98 Å². The van der Waals surface area contributed by atoms with Crippen molar-refractivity contribution in [3.8, 4) is 0 Å². The number of aromatic nitrogens is 3. The summed E-state index contributed by atoms with van der Waals surface area (Å²) in [5.74, 6) is 2.27. The second kappa shape index (κ2) is 8.17. The van der Waals surface area contributed by atoms with E-state index in [0.29, 0.717) is 34.8 Å². The highest BCUT2D eigenvalue weighted by atomic mass is 16.3. The zero-order chi connectivity index (χ0) is 19.4. The summed E-state index contributed by atoms with van der Waals surface area (Å²) in [5, 5.41) is 26.3. The van der Waals surface area contributed by atoms with Crippen molar-refractivity contribution in [1.82, 2.24) is 15.2 Å². The monoisotopic (exact) mass is 371 g/mol. The summed E-state index contributed by atoms with van der Waals surface area (Å²) in [4.78, 5) is 19.0. The Kier molecular flexibility index (Phi) is 5.70. The number of amides is 1. The summed E-state index contributed by atoms with van der Waals surface area (Å²) in [5.41, 5.74) is 0.430. The average Bonchev–Trinajstić information content (AvgIpc) is 2.64. The summed E-state index contributed by atoms with van der Waals surface area (Å²) < 4.78 is 0. The van der Waals surface area contributed by atoms with Crippen molar-refractivity contribution in [2.24, 2.45) is 5.92 Å². The number of anilines is 4. The maximum Gasteiger partial charge on any atom is 0.260 e. The molecule has 4 N–H and O–H groups in total. The third-order valence-electron chi connectivity index (χ3n) is 4.58. The van der Waals surface area contributed by atoms with Crippen molar-refractivity contribution in [2.45, 2.75) is 18.9 Å². The van der Waals surface area contributed by atoms with Crippen LogP contribution in [0.25, 0.3) is 0 Å². The lowest BCUT2D eigenvalue weighted by Gasteiger charge is -2.35. The second-order valence-electron chi connectivity index (χ2n) is 6.83. The van der Waals surface area contributed by atoms with Gasteiger partial charge in [0.15, 0.2) is 11.6 Å². The van der Waals surface area contributed by atoms with Crippen LogP contribution < -0.4 is 20.9 Å². The largest absolute Gasteiger partial charge is 0.396 e. The number of rotatable bonds is 7. The Balaban J connectivity index is 1.74. The summed E-state index contributed by atoms with van der Waals surface area (Å²) in [6.07, 6.45) is 1.72. The molecule has 0 spiro atoms. The number of carbonyl (C=O) groups is 1. The van der Waals surface area contributed by atoms with Crippen LogP contribution in [0, 0.1) is 5.92 Å². The second-order valence-corrected chi connectivity index (χ2v) is 6.83. The maximum absolute atomic E-state index is 12.7. The lowest BCUT2D eigenvalue weighted by Crippen LogP contribution is -2.38. The van der Waals surface area contributed by atoms with Crippen molar-refractivity contribution in [1.29, 1.82) is 0 Å². The molecule has 2 aromatic heterocycles. The van der Waals surface area contributed by atoms with E-state index in [1.807, 2.05) is 19.0 Å². The summed E-state index contributed by atoms with van der Waals surface area (Å²) in [6.45, 7) is 0.192. The number of aliphatic hydroxyl groups is 1. The van der Waals surface area contributed by atoms with Gasteiger partial charge >= 0.3 is 0 Å². The van der Waals surface area contributed by atoms with Gasteiger partial charge in [0, 0.05) is 33.8 Å². The molecule has 27 heavy (non-hydrogen) atoms. The smallest absolute Gasteiger partial charge is 0.260 e. The zero-order valence-corrected chi connectivity index (χ0v) is 15.7. The molecular formula is C18H25N7O2. The number of hydrogen-bond donors (Lipinski definition) is 4. The molecule has 9 heteroatoms. The topological polar surface area (TPSA) is 115 Å². The minimum Gasteiger partial charge on any atom is -0.396 e. The number of pyridine rings is 1. The van der Waals surface area contributed by atoms with Crippen molar-refractivity contribution < 1.29 is 9.90 Å². The van der Waals surface area contributed by atoms with Gasteiger partial charge in [-0.05, 0) is 43.0 Å². The van der Waals surface area contributed by atoms with Crippen LogP contribution >= 0.6 is 0 Å². The molecule has 0 bridgehead atoms. The molecule has 1 fully saturated rings. The first-order valence-corrected chi connectivity index (χ1v) is 8.88. The highest BCUT2D eigenvalue weighted by molar-refractivity contribution is 6.07. The van der Waals surface area contributed by atoms with Crippen LogP contribution in [0.2, 0.25) is 0 Å². The minimum atomic E-state index is -0.308. The molecule has 1 aliphatic rings. The van der Waals surface area contributed by atoms with Crippen LogP contribution in [0.4, 0.5) is 23.3 Å². The van der Waals surface area contributed by atoms with Crippen LogP contribution in [0.1, 0.15) is 23.2 Å². The van der Waals surface area contributed by atoms with Gasteiger partial charge in [0.2, 0.25) is 0 Å². The predicted molar refractivity (Wildman–Crippen MR) is 105 cm³/mol. The molecule has 1 amide bonds. The molecule has 144 valence electrons. The highest BCUT2D eigenvalue weighted by Crippen LogP contribution is 2.30. The molecule has 0 aliphatic heterocycles. The van der Waals surface area contributed by atoms with Crippen LogP contribution in [0.15, 0.2) is 24.3 Å². The zero-order valence-electron chi connectivity index (χ0n) is 15.7. The Labute approximate surface area is 158 Å². The first-order valence-electron chi connectivity index (χ1n) is 8.88. The van der Waals surface area contributed by atoms with E-state index in [2.05, 4.69) is 31.1 Å². The van der Waals surface area contributed by atoms with Crippen molar-refractivity contribution in [3.63, 3.8) is 0 Å². The molecule has 9 nitrogen and oxygen atoms in total. The van der Waals surface area contributed by atoms with Gasteiger partial charge in [-0.2, -0.15) is 0 Å². The molecule has 3 rings (SSSR count). The molecule has 0 atom stereocenters. The fraction of sp³-hybridized carbons (Fsp3) is 0.444. The molecular weight excluding hydrogens is 346 g/mol. The van der Waals surface area contributed by atoms with Gasteiger partial charge in [-0.1, -0.05) is 0 Å². The third kappa shape index (κ3) is 4.43. The Hall–Kier alpha value is -2.94. The van der Waals surface area contributed by atoms with E-state index in [4.69, 9.17) is 0 Å². The molecule has 0 saturated heterocycles. The quantitative estimate of drug-likeness (QED) is 0.578. The van der Waals surface area contributed by atoms with E-state index in [1.54, 1.807) is 31.3 Å². The number of aliphatic hydroxyl groups excluding tert-OH is 1. The molecule has 2 heterocycles. The Bertz CT molecular complexity index is 789. The predicted octanol–water partition coefficient (Wildman–Crippen LogP) is 1.41. The van der Waals surface area contributed by atoms with Gasteiger partial charge < -0.3 is 26.0 Å². The standard InChI is InChI=1S/C18H25N7O2/c1-19-14-5-4-13(17(21-14)20-12-8-11(9-12)10-26)18(27)22-15-6-7-16(24-23-15)25(2)3/h4-7,11-12,26H,8-10H2,1-3H3,(H2,19,20,21)(H,22,23,27). The van der Waals surface area contributed by atoms with E-state index >= 15 is 0 Å². The fourth-order valence-corrected chi connectivity index (χ4v) is 2.90. The summed E-state index contributed by atoms with van der Waals surface area (Å²) in [7, 11) is 5.52. The van der Waals surface area contributed by atoms with Crippen LogP contribution in [0.3, 0.4) is 0 Å². The Morgan fingerprint density at radius 3 is 2.52 bits per heavy atom. The molecule has 0 aromatic carbocycles. The van der Waals surface area contributed by atoms with Gasteiger partial charge in [0.05, 0.1) is 5.56 Å². The lowest BCUT2D eigenvalue weighted by molar-refractivity contribution is 0.102. The third-order valence-corrected chi connectivity index (χ3v) is 4.58. The first-order chi connectivity index (χ1) is 13.0. The number of nitrogens with one attached hydrogen (secondary N) is 3.